The molecule has 8 heteroatoms. The molecule has 0 aliphatic carbocycles. The van der Waals surface area contributed by atoms with E-state index in [-0.39, 0.29) is 27.1 Å². The predicted octanol–water partition coefficient (Wildman–Crippen LogP) is 10.5. The third-order valence-corrected chi connectivity index (χ3v) is 10.3. The molecule has 2 fully saturated rings. The summed E-state index contributed by atoms with van der Waals surface area (Å²) >= 11 is 0. The van der Waals surface area contributed by atoms with Crippen LogP contribution in [0.2, 0.25) is 0 Å². The van der Waals surface area contributed by atoms with E-state index in [0.29, 0.717) is 26.4 Å². The predicted molar refractivity (Wildman–Crippen MR) is 178 cm³/mol. The van der Waals surface area contributed by atoms with Gasteiger partial charge in [0.25, 0.3) is 0 Å². The summed E-state index contributed by atoms with van der Waals surface area (Å²) in [5, 5.41) is 0. The molecule has 0 N–H and O–H groups in total. The van der Waals surface area contributed by atoms with E-state index in [1.807, 2.05) is 0 Å². The fourth-order valence-electron chi connectivity index (χ4n) is 5.96. The van der Waals surface area contributed by atoms with Gasteiger partial charge in [0.1, 0.15) is 11.5 Å². The van der Waals surface area contributed by atoms with Crippen molar-refractivity contribution in [2.45, 2.75) is 119 Å². The standard InChI is InChI=1S/C35H54O6P2/c1-23-27(31(3,4)5)15-25(16-28(23)32(6,7)8)40-42-36-19-35(20-37-42)21-38-43(39-22-35)41-26-17-29(33(9,10)11)24(2)30(18-26)34(12,13)14/h15-18H,19-22H2,1-14H3. The molecule has 0 saturated carbocycles. The highest BCUT2D eigenvalue weighted by molar-refractivity contribution is 7.42. The first-order valence-electron chi connectivity index (χ1n) is 15.4. The molecule has 1 spiro atoms. The molecule has 43 heavy (non-hydrogen) atoms. The Bertz CT molecular complexity index is 1120. The summed E-state index contributed by atoms with van der Waals surface area (Å²) < 4.78 is 37.3. The van der Waals surface area contributed by atoms with Gasteiger partial charge in [0.15, 0.2) is 0 Å². The lowest BCUT2D eigenvalue weighted by atomic mass is 9.76. The minimum Gasteiger partial charge on any atom is -0.427 e. The van der Waals surface area contributed by atoms with E-state index in [4.69, 9.17) is 27.1 Å². The smallest absolute Gasteiger partial charge is 0.397 e. The zero-order chi connectivity index (χ0) is 32.2. The van der Waals surface area contributed by atoms with Gasteiger partial charge in [-0.25, -0.2) is 0 Å². The molecule has 2 aromatic carbocycles. The van der Waals surface area contributed by atoms with Crippen molar-refractivity contribution in [2.24, 2.45) is 5.41 Å². The molecular weight excluding hydrogens is 578 g/mol. The van der Waals surface area contributed by atoms with Crippen LogP contribution in [0.15, 0.2) is 24.3 Å². The van der Waals surface area contributed by atoms with Crippen LogP contribution >= 0.6 is 17.2 Å². The van der Waals surface area contributed by atoms with Crippen molar-refractivity contribution in [2.75, 3.05) is 26.4 Å². The van der Waals surface area contributed by atoms with E-state index in [1.165, 1.54) is 33.4 Å². The summed E-state index contributed by atoms with van der Waals surface area (Å²) in [4.78, 5) is 0. The number of benzene rings is 2. The second-order valence-corrected chi connectivity index (χ2v) is 18.8. The average molecular weight is 633 g/mol. The van der Waals surface area contributed by atoms with Gasteiger partial charge < -0.3 is 27.1 Å². The van der Waals surface area contributed by atoms with Crippen molar-refractivity contribution < 1.29 is 27.1 Å². The molecule has 0 atom stereocenters. The van der Waals surface area contributed by atoms with Crippen molar-refractivity contribution in [1.82, 2.24) is 0 Å². The fourth-order valence-corrected chi connectivity index (χ4v) is 8.39. The highest BCUT2D eigenvalue weighted by atomic mass is 31.2. The van der Waals surface area contributed by atoms with Crippen LogP contribution in [0.5, 0.6) is 11.5 Å². The zero-order valence-electron chi connectivity index (χ0n) is 29.0. The molecule has 2 aromatic rings. The van der Waals surface area contributed by atoms with Crippen LogP contribution < -0.4 is 9.05 Å². The Morgan fingerprint density at radius 3 is 0.930 bits per heavy atom. The lowest BCUT2D eigenvalue weighted by molar-refractivity contribution is -0.0673. The van der Waals surface area contributed by atoms with Crippen molar-refractivity contribution in [3.63, 3.8) is 0 Å². The van der Waals surface area contributed by atoms with Crippen molar-refractivity contribution >= 4 is 17.2 Å². The van der Waals surface area contributed by atoms with Crippen LogP contribution in [-0.4, -0.2) is 26.4 Å². The molecule has 2 aliphatic heterocycles. The monoisotopic (exact) mass is 632 g/mol. The molecule has 2 heterocycles. The van der Waals surface area contributed by atoms with E-state index in [9.17, 15) is 0 Å². The molecule has 2 aliphatic rings. The molecule has 6 nitrogen and oxygen atoms in total. The third kappa shape index (κ3) is 8.13. The first kappa shape index (κ1) is 34.6. The molecule has 240 valence electrons. The van der Waals surface area contributed by atoms with Crippen molar-refractivity contribution in [3.8, 4) is 11.5 Å². The van der Waals surface area contributed by atoms with Crippen LogP contribution in [-0.2, 0) is 39.8 Å². The number of rotatable bonds is 4. The highest BCUT2D eigenvalue weighted by Crippen LogP contribution is 2.54. The lowest BCUT2D eigenvalue weighted by Gasteiger charge is -2.41. The molecule has 2 saturated heterocycles. The lowest BCUT2D eigenvalue weighted by Crippen LogP contribution is -2.45. The zero-order valence-corrected chi connectivity index (χ0v) is 30.8. The van der Waals surface area contributed by atoms with E-state index in [2.05, 4.69) is 121 Å². The van der Waals surface area contributed by atoms with E-state index in [0.717, 1.165) is 11.5 Å². The first-order chi connectivity index (χ1) is 19.6. The Hall–Kier alpha value is -1.26. The SMILES string of the molecule is Cc1c(C(C)(C)C)cc(OP2OCC3(CO2)COP(Oc2cc(C(C)(C)C)c(C)c(C(C)(C)C)c2)OC3)cc1C(C)(C)C. The molecule has 4 rings (SSSR count). The minimum atomic E-state index is -1.53. The van der Waals surface area contributed by atoms with Crippen LogP contribution in [0.25, 0.3) is 0 Å². The molecule has 0 amide bonds. The maximum atomic E-state index is 6.32. The van der Waals surface area contributed by atoms with Gasteiger partial charge in [-0.2, -0.15) is 0 Å². The topological polar surface area (TPSA) is 55.4 Å². The Balaban J connectivity index is 1.40. The second-order valence-electron chi connectivity index (χ2n) is 16.5. The summed E-state index contributed by atoms with van der Waals surface area (Å²) in [6, 6.07) is 8.57. The highest BCUT2D eigenvalue weighted by Gasteiger charge is 2.45. The van der Waals surface area contributed by atoms with Crippen LogP contribution in [0, 0.1) is 19.3 Å². The molecule has 0 unspecified atom stereocenters. The summed E-state index contributed by atoms with van der Waals surface area (Å²) in [6.45, 7) is 33.0. The third-order valence-electron chi connectivity index (χ3n) is 8.26. The summed E-state index contributed by atoms with van der Waals surface area (Å²) in [5.41, 5.74) is 7.33. The van der Waals surface area contributed by atoms with E-state index < -0.39 is 17.2 Å². The number of hydrogen-bond acceptors (Lipinski definition) is 6. The average Bonchev–Trinajstić information content (AvgIpc) is 2.86. The largest absolute Gasteiger partial charge is 0.427 e. The number of hydrogen-bond donors (Lipinski definition) is 0. The van der Waals surface area contributed by atoms with Crippen LogP contribution in [0.4, 0.5) is 0 Å². The van der Waals surface area contributed by atoms with Gasteiger partial charge in [-0.15, -0.1) is 0 Å². The van der Waals surface area contributed by atoms with Gasteiger partial charge in [0.05, 0.1) is 31.8 Å². The van der Waals surface area contributed by atoms with Crippen LogP contribution in [0.3, 0.4) is 0 Å². The van der Waals surface area contributed by atoms with E-state index in [1.54, 1.807) is 0 Å². The van der Waals surface area contributed by atoms with Crippen LogP contribution in [0.1, 0.15) is 116 Å². The molecule has 0 aromatic heterocycles. The molecule has 0 radical (unpaired) electrons. The van der Waals surface area contributed by atoms with Gasteiger partial charge in [-0.1, -0.05) is 83.1 Å². The second kappa shape index (κ2) is 12.2. The minimum absolute atomic E-state index is 0.00649. The van der Waals surface area contributed by atoms with Crippen molar-refractivity contribution in [3.05, 3.63) is 57.6 Å². The first-order valence-corrected chi connectivity index (χ1v) is 17.6. The Morgan fingerprint density at radius 2 is 0.721 bits per heavy atom. The Morgan fingerprint density at radius 1 is 0.488 bits per heavy atom. The maximum absolute atomic E-state index is 6.32. The van der Waals surface area contributed by atoms with Gasteiger partial charge in [-0.3, -0.25) is 0 Å². The Labute approximate surface area is 263 Å². The summed E-state index contributed by atoms with van der Waals surface area (Å²) in [7, 11) is -3.05. The summed E-state index contributed by atoms with van der Waals surface area (Å²) in [6.07, 6.45) is 0. The van der Waals surface area contributed by atoms with Crippen molar-refractivity contribution in [1.29, 1.82) is 0 Å². The fraction of sp³-hybridized carbons (Fsp3) is 0.657. The van der Waals surface area contributed by atoms with Gasteiger partial charge in [0.2, 0.25) is 0 Å². The quantitative estimate of drug-likeness (QED) is 0.313. The molecular formula is C35H54O6P2. The Kier molecular flexibility index (Phi) is 9.79. The maximum Gasteiger partial charge on any atom is 0.397 e. The molecule has 0 bridgehead atoms. The van der Waals surface area contributed by atoms with E-state index >= 15 is 0 Å². The normalized spacial score (nSPS) is 23.9. The van der Waals surface area contributed by atoms with Gasteiger partial charge in [0, 0.05) is 0 Å². The summed E-state index contributed by atoms with van der Waals surface area (Å²) in [5.74, 6) is 1.58. The van der Waals surface area contributed by atoms with Gasteiger partial charge in [-0.05, 0) is 93.2 Å². The van der Waals surface area contributed by atoms with Gasteiger partial charge >= 0.3 is 17.2 Å².